The van der Waals surface area contributed by atoms with Crippen molar-refractivity contribution in [3.8, 4) is 0 Å². The summed E-state index contributed by atoms with van der Waals surface area (Å²) in [5.74, 6) is -2.99. The number of carbonyl (C=O) groups excluding carboxylic acids is 2. The summed E-state index contributed by atoms with van der Waals surface area (Å²) in [5, 5.41) is 1.75. The van der Waals surface area contributed by atoms with Crippen LogP contribution < -0.4 is 10.2 Å². The van der Waals surface area contributed by atoms with Crippen LogP contribution in [0.5, 0.6) is 0 Å². The minimum Gasteiger partial charge on any atom is -0.318 e. The fraction of sp³-hybridized carbons (Fsp3) is 0.0556. The van der Waals surface area contributed by atoms with Gasteiger partial charge in [0.1, 0.15) is 5.82 Å². The summed E-state index contributed by atoms with van der Waals surface area (Å²) in [6.07, 6.45) is -3.56. The predicted molar refractivity (Wildman–Crippen MR) is 103 cm³/mol. The molecule has 4 nitrogen and oxygen atoms in total. The van der Waals surface area contributed by atoms with Gasteiger partial charge < -0.3 is 5.32 Å². The molecule has 0 saturated carbocycles. The summed E-state index contributed by atoms with van der Waals surface area (Å²) in [6, 6.07) is 10.8. The Balaban J connectivity index is 1.83. The summed E-state index contributed by atoms with van der Waals surface area (Å²) >= 11 is 6.21. The topological polar surface area (TPSA) is 49.4 Å². The summed E-state index contributed by atoms with van der Waals surface area (Å²) in [7, 11) is 0. The number of alkyl halides is 3. The minimum absolute atomic E-state index is 0.0647. The van der Waals surface area contributed by atoms with Crippen molar-refractivity contribution in [2.45, 2.75) is 6.18 Å². The van der Waals surface area contributed by atoms with Gasteiger partial charge in [0.15, 0.2) is 4.32 Å². The van der Waals surface area contributed by atoms with Crippen LogP contribution in [0.15, 0.2) is 53.4 Å². The quantitative estimate of drug-likeness (QED) is 0.438. The lowest BCUT2D eigenvalue weighted by atomic mass is 10.1. The van der Waals surface area contributed by atoms with Crippen molar-refractivity contribution in [3.63, 3.8) is 0 Å². The van der Waals surface area contributed by atoms with Gasteiger partial charge in [-0.1, -0.05) is 36.1 Å². The summed E-state index contributed by atoms with van der Waals surface area (Å²) in [6.45, 7) is 0. The van der Waals surface area contributed by atoms with Gasteiger partial charge in [0.25, 0.3) is 5.91 Å². The van der Waals surface area contributed by atoms with Gasteiger partial charge >= 0.3 is 12.1 Å². The van der Waals surface area contributed by atoms with Crippen LogP contribution >= 0.6 is 24.0 Å². The molecule has 2 amide bonds. The number of amides is 2. The first-order chi connectivity index (χ1) is 13.1. The number of halogens is 4. The van der Waals surface area contributed by atoms with Crippen molar-refractivity contribution in [3.05, 3.63) is 64.8 Å². The number of nitrogens with one attached hydrogen (secondary N) is 1. The minimum atomic E-state index is -5.01. The molecule has 1 N–H and O–H groups in total. The maximum atomic E-state index is 13.1. The zero-order valence-corrected chi connectivity index (χ0v) is 15.4. The van der Waals surface area contributed by atoms with E-state index in [9.17, 15) is 27.2 Å². The van der Waals surface area contributed by atoms with Gasteiger partial charge in [-0.25, -0.2) is 4.39 Å². The molecular formula is C18H10F4N2O2S2. The van der Waals surface area contributed by atoms with Crippen molar-refractivity contribution in [2.24, 2.45) is 0 Å². The number of anilines is 2. The molecule has 0 aliphatic carbocycles. The number of hydrogen-bond donors (Lipinski definition) is 1. The Kier molecular flexibility index (Phi) is 5.52. The van der Waals surface area contributed by atoms with Crippen molar-refractivity contribution in [1.29, 1.82) is 0 Å². The van der Waals surface area contributed by atoms with Gasteiger partial charge in [0.05, 0.1) is 10.6 Å². The summed E-state index contributed by atoms with van der Waals surface area (Å²) in [5.41, 5.74) is 0.739. The maximum absolute atomic E-state index is 13.1. The van der Waals surface area contributed by atoms with Crippen LogP contribution in [-0.2, 0) is 9.59 Å². The molecule has 1 fully saturated rings. The number of thiocarbonyl (C=S) groups is 1. The molecule has 0 radical (unpaired) electrons. The number of carbonyl (C=O) groups is 2. The second-order valence-electron chi connectivity index (χ2n) is 5.57. The van der Waals surface area contributed by atoms with Crippen LogP contribution in [0.4, 0.5) is 28.9 Å². The van der Waals surface area contributed by atoms with E-state index in [-0.39, 0.29) is 14.9 Å². The van der Waals surface area contributed by atoms with Crippen molar-refractivity contribution < 1.29 is 27.2 Å². The fourth-order valence-electron chi connectivity index (χ4n) is 2.34. The number of hydrogen-bond acceptors (Lipinski definition) is 4. The van der Waals surface area contributed by atoms with Crippen LogP contribution in [0.2, 0.25) is 0 Å². The Bertz CT molecular complexity index is 988. The highest BCUT2D eigenvalue weighted by Gasteiger charge is 2.38. The normalized spacial score (nSPS) is 16.0. The van der Waals surface area contributed by atoms with Crippen LogP contribution in [0.25, 0.3) is 6.08 Å². The van der Waals surface area contributed by atoms with Crippen LogP contribution in [0.3, 0.4) is 0 Å². The molecule has 2 aromatic rings. The first kappa shape index (κ1) is 20.0. The Morgan fingerprint density at radius 2 is 1.82 bits per heavy atom. The highest BCUT2D eigenvalue weighted by atomic mass is 32.2. The first-order valence-corrected chi connectivity index (χ1v) is 8.89. The second-order valence-corrected chi connectivity index (χ2v) is 7.25. The molecule has 28 heavy (non-hydrogen) atoms. The smallest absolute Gasteiger partial charge is 0.318 e. The Hall–Kier alpha value is -2.72. The number of nitrogens with zero attached hydrogens (tertiary/aromatic N) is 1. The van der Waals surface area contributed by atoms with Crippen LogP contribution in [0.1, 0.15) is 5.56 Å². The Morgan fingerprint density at radius 1 is 1.14 bits per heavy atom. The van der Waals surface area contributed by atoms with Gasteiger partial charge in [0, 0.05) is 5.69 Å². The molecule has 0 spiro atoms. The summed E-state index contributed by atoms with van der Waals surface area (Å²) in [4.78, 5) is 25.2. The Morgan fingerprint density at radius 3 is 2.46 bits per heavy atom. The number of benzene rings is 2. The largest absolute Gasteiger partial charge is 0.471 e. The van der Waals surface area contributed by atoms with Crippen molar-refractivity contribution >= 4 is 57.6 Å². The van der Waals surface area contributed by atoms with Crippen LogP contribution in [-0.4, -0.2) is 22.3 Å². The SMILES string of the molecule is O=C1/C(=C\c2cccc(NC(=O)C(F)(F)F)c2)SC(=S)N1c1ccc(F)cc1. The second kappa shape index (κ2) is 7.72. The predicted octanol–water partition coefficient (Wildman–Crippen LogP) is 4.73. The molecule has 3 rings (SSSR count). The van der Waals surface area contributed by atoms with Gasteiger partial charge in [-0.15, -0.1) is 0 Å². The molecule has 0 unspecified atom stereocenters. The zero-order chi connectivity index (χ0) is 20.5. The van der Waals surface area contributed by atoms with Crippen LogP contribution in [0, 0.1) is 5.82 Å². The molecule has 1 heterocycles. The van der Waals surface area contributed by atoms with Gasteiger partial charge in [-0.3, -0.25) is 14.5 Å². The van der Waals surface area contributed by atoms with E-state index in [2.05, 4.69) is 0 Å². The van der Waals surface area contributed by atoms with Gasteiger partial charge in [-0.05, 0) is 48.0 Å². The monoisotopic (exact) mass is 426 g/mol. The van der Waals surface area contributed by atoms with Crippen molar-refractivity contribution in [2.75, 3.05) is 10.2 Å². The lowest BCUT2D eigenvalue weighted by molar-refractivity contribution is -0.167. The standard InChI is InChI=1S/C18H10F4N2O2S2/c19-11-4-6-13(7-5-11)24-15(25)14(28-17(24)27)9-10-2-1-3-12(8-10)23-16(26)18(20,21)22/h1-9H,(H,23,26)/b14-9+. The third-order valence-corrected chi connectivity index (χ3v) is 4.88. The number of rotatable bonds is 3. The average Bonchev–Trinajstić information content (AvgIpc) is 2.89. The molecule has 10 heteroatoms. The molecule has 2 aromatic carbocycles. The van der Waals surface area contributed by atoms with E-state index in [0.717, 1.165) is 11.8 Å². The van der Waals surface area contributed by atoms with E-state index in [1.807, 2.05) is 0 Å². The average molecular weight is 426 g/mol. The maximum Gasteiger partial charge on any atom is 0.471 e. The molecule has 0 aromatic heterocycles. The molecule has 0 atom stereocenters. The van der Waals surface area contributed by atoms with E-state index in [1.54, 1.807) is 11.4 Å². The third kappa shape index (κ3) is 4.39. The molecule has 1 aliphatic heterocycles. The lowest BCUT2D eigenvalue weighted by Gasteiger charge is -2.14. The van der Waals surface area contributed by atoms with E-state index in [1.165, 1.54) is 53.4 Å². The van der Waals surface area contributed by atoms with E-state index < -0.39 is 23.8 Å². The summed E-state index contributed by atoms with van der Waals surface area (Å²) < 4.78 is 50.4. The Labute approximate surface area is 166 Å². The molecule has 1 saturated heterocycles. The molecule has 0 bridgehead atoms. The third-order valence-electron chi connectivity index (χ3n) is 3.58. The van der Waals surface area contributed by atoms with E-state index >= 15 is 0 Å². The first-order valence-electron chi connectivity index (χ1n) is 7.67. The van der Waals surface area contributed by atoms with E-state index in [4.69, 9.17) is 12.2 Å². The van der Waals surface area contributed by atoms with Crippen molar-refractivity contribution in [1.82, 2.24) is 0 Å². The van der Waals surface area contributed by atoms with Gasteiger partial charge in [0.2, 0.25) is 0 Å². The molecule has 144 valence electrons. The molecular weight excluding hydrogens is 416 g/mol. The van der Waals surface area contributed by atoms with E-state index in [0.29, 0.717) is 11.3 Å². The zero-order valence-electron chi connectivity index (χ0n) is 13.8. The fourth-order valence-corrected chi connectivity index (χ4v) is 3.64. The molecule has 1 aliphatic rings. The lowest BCUT2D eigenvalue weighted by Crippen LogP contribution is -2.29. The van der Waals surface area contributed by atoms with Gasteiger partial charge in [-0.2, -0.15) is 13.2 Å². The highest BCUT2D eigenvalue weighted by Crippen LogP contribution is 2.36. The number of thioether (sulfide) groups is 1. The highest BCUT2D eigenvalue weighted by molar-refractivity contribution is 8.27.